The van der Waals surface area contributed by atoms with Gasteiger partial charge in [0.15, 0.2) is 0 Å². The van der Waals surface area contributed by atoms with Crippen LogP contribution in [0.1, 0.15) is 30.4 Å². The third-order valence-corrected chi connectivity index (χ3v) is 2.43. The minimum Gasteiger partial charge on any atom is -0.481 e. The van der Waals surface area contributed by atoms with Crippen molar-refractivity contribution >= 4 is 11.9 Å². The molecule has 110 valence electrons. The largest absolute Gasteiger partial charge is 0.481 e. The van der Waals surface area contributed by atoms with Crippen LogP contribution in [0.25, 0.3) is 0 Å². The molecule has 1 rings (SSSR count). The number of hydrogen-bond acceptors (Lipinski definition) is 3. The maximum absolute atomic E-state index is 12.4. The van der Waals surface area contributed by atoms with E-state index in [9.17, 15) is 22.8 Å². The minimum absolute atomic E-state index is 0.0781. The highest BCUT2D eigenvalue weighted by molar-refractivity contribution is 5.71. The minimum atomic E-state index is -4.44. The number of ether oxygens (including phenoxy) is 1. The van der Waals surface area contributed by atoms with Crippen LogP contribution in [0.15, 0.2) is 24.3 Å². The van der Waals surface area contributed by atoms with Crippen molar-refractivity contribution in [2.75, 3.05) is 0 Å². The molecule has 0 spiro atoms. The van der Waals surface area contributed by atoms with Gasteiger partial charge in [-0.15, -0.1) is 0 Å². The molecule has 0 atom stereocenters. The van der Waals surface area contributed by atoms with Crippen LogP contribution in [-0.2, 0) is 27.1 Å². The molecule has 0 fully saturated rings. The van der Waals surface area contributed by atoms with Crippen LogP contribution in [0, 0.1) is 0 Å². The Hall–Kier alpha value is -2.05. The maximum Gasteiger partial charge on any atom is 0.416 e. The zero-order chi connectivity index (χ0) is 15.2. The molecular weight excluding hydrogens is 277 g/mol. The Morgan fingerprint density at radius 2 is 1.90 bits per heavy atom. The van der Waals surface area contributed by atoms with Gasteiger partial charge in [0.25, 0.3) is 0 Å². The number of benzene rings is 1. The molecular formula is C13H13F3O4. The topological polar surface area (TPSA) is 63.6 Å². The predicted molar refractivity (Wildman–Crippen MR) is 62.7 cm³/mol. The molecule has 4 nitrogen and oxygen atoms in total. The van der Waals surface area contributed by atoms with Gasteiger partial charge in [0, 0.05) is 12.8 Å². The van der Waals surface area contributed by atoms with E-state index in [1.54, 1.807) is 0 Å². The number of carbonyl (C=O) groups is 2. The third-order valence-electron chi connectivity index (χ3n) is 2.43. The van der Waals surface area contributed by atoms with Gasteiger partial charge in [-0.05, 0) is 24.1 Å². The standard InChI is InChI=1S/C13H13F3O4/c14-13(15,16)10-4-1-3-9(7-10)8-20-12(19)6-2-5-11(17)18/h1,3-4,7H,2,5-6,8H2,(H,17,18). The molecule has 0 unspecified atom stereocenters. The fourth-order valence-electron chi connectivity index (χ4n) is 1.46. The van der Waals surface area contributed by atoms with Crippen molar-refractivity contribution in [3.63, 3.8) is 0 Å². The second-order valence-corrected chi connectivity index (χ2v) is 4.11. The Bertz CT molecular complexity index is 483. The van der Waals surface area contributed by atoms with Gasteiger partial charge < -0.3 is 9.84 Å². The van der Waals surface area contributed by atoms with E-state index in [1.807, 2.05) is 0 Å². The zero-order valence-corrected chi connectivity index (χ0v) is 10.4. The molecule has 1 N–H and O–H groups in total. The Labute approximate surface area is 113 Å². The number of hydrogen-bond donors (Lipinski definition) is 1. The van der Waals surface area contributed by atoms with Crippen molar-refractivity contribution < 1.29 is 32.6 Å². The summed E-state index contributed by atoms with van der Waals surface area (Å²) in [5.41, 5.74) is -0.580. The van der Waals surface area contributed by atoms with E-state index in [1.165, 1.54) is 12.1 Å². The van der Waals surface area contributed by atoms with E-state index < -0.39 is 23.7 Å². The number of esters is 1. The van der Waals surface area contributed by atoms with E-state index in [-0.39, 0.29) is 31.4 Å². The number of rotatable bonds is 6. The van der Waals surface area contributed by atoms with E-state index in [2.05, 4.69) is 0 Å². The van der Waals surface area contributed by atoms with Crippen LogP contribution in [0.2, 0.25) is 0 Å². The number of aliphatic carboxylic acids is 1. The molecule has 0 aliphatic heterocycles. The fourth-order valence-corrected chi connectivity index (χ4v) is 1.46. The van der Waals surface area contributed by atoms with Crippen LogP contribution in [0.5, 0.6) is 0 Å². The average Bonchev–Trinajstić information content (AvgIpc) is 2.35. The van der Waals surface area contributed by atoms with Crippen LogP contribution in [0.3, 0.4) is 0 Å². The third kappa shape index (κ3) is 5.73. The summed E-state index contributed by atoms with van der Waals surface area (Å²) in [6.45, 7) is -0.268. The van der Waals surface area contributed by atoms with Gasteiger partial charge in [-0.25, -0.2) is 0 Å². The van der Waals surface area contributed by atoms with Gasteiger partial charge in [0.1, 0.15) is 6.61 Å². The first-order valence-corrected chi connectivity index (χ1v) is 5.82. The number of carbonyl (C=O) groups excluding carboxylic acids is 1. The van der Waals surface area contributed by atoms with E-state index in [0.717, 1.165) is 12.1 Å². The summed E-state index contributed by atoms with van der Waals surface area (Å²) in [6.07, 6.45) is -4.54. The summed E-state index contributed by atoms with van der Waals surface area (Å²) in [5.74, 6) is -1.65. The number of alkyl halides is 3. The molecule has 0 amide bonds. The lowest BCUT2D eigenvalue weighted by atomic mass is 10.1. The highest BCUT2D eigenvalue weighted by atomic mass is 19.4. The summed E-state index contributed by atoms with van der Waals surface area (Å²) in [5, 5.41) is 8.38. The first-order chi connectivity index (χ1) is 9.29. The summed E-state index contributed by atoms with van der Waals surface area (Å²) < 4.78 is 42.1. The SMILES string of the molecule is O=C(O)CCCC(=O)OCc1cccc(C(F)(F)F)c1. The van der Waals surface area contributed by atoms with Crippen molar-refractivity contribution in [3.05, 3.63) is 35.4 Å². The van der Waals surface area contributed by atoms with E-state index in [0.29, 0.717) is 0 Å². The van der Waals surface area contributed by atoms with Crippen molar-refractivity contribution in [3.8, 4) is 0 Å². The molecule has 0 heterocycles. The number of carboxylic acids is 1. The molecule has 0 saturated heterocycles. The lowest BCUT2D eigenvalue weighted by molar-refractivity contribution is -0.145. The second kappa shape index (κ2) is 6.93. The molecule has 0 radical (unpaired) electrons. The quantitative estimate of drug-likeness (QED) is 0.818. The van der Waals surface area contributed by atoms with Gasteiger partial charge in [-0.2, -0.15) is 13.2 Å². The summed E-state index contributed by atoms with van der Waals surface area (Å²) in [4.78, 5) is 21.5. The highest BCUT2D eigenvalue weighted by Crippen LogP contribution is 2.29. The summed E-state index contributed by atoms with van der Waals surface area (Å²) >= 11 is 0. The monoisotopic (exact) mass is 290 g/mol. The Morgan fingerprint density at radius 1 is 1.20 bits per heavy atom. The highest BCUT2D eigenvalue weighted by Gasteiger charge is 2.30. The number of halogens is 3. The molecule has 1 aromatic rings. The van der Waals surface area contributed by atoms with Crippen molar-refractivity contribution in [1.29, 1.82) is 0 Å². The van der Waals surface area contributed by atoms with Gasteiger partial charge in [-0.1, -0.05) is 12.1 Å². The first kappa shape index (κ1) is 16.0. The Kier molecular flexibility index (Phi) is 5.54. The van der Waals surface area contributed by atoms with E-state index >= 15 is 0 Å². The number of carboxylic acid groups (broad SMARTS) is 1. The molecule has 0 aromatic heterocycles. The molecule has 1 aromatic carbocycles. The second-order valence-electron chi connectivity index (χ2n) is 4.11. The zero-order valence-electron chi connectivity index (χ0n) is 10.4. The molecule has 0 bridgehead atoms. The smallest absolute Gasteiger partial charge is 0.416 e. The van der Waals surface area contributed by atoms with Crippen molar-refractivity contribution in [2.45, 2.75) is 32.0 Å². The molecule has 20 heavy (non-hydrogen) atoms. The maximum atomic E-state index is 12.4. The van der Waals surface area contributed by atoms with Crippen LogP contribution < -0.4 is 0 Å². The summed E-state index contributed by atoms with van der Waals surface area (Å²) in [6, 6.07) is 4.49. The lowest BCUT2D eigenvalue weighted by Crippen LogP contribution is -2.08. The lowest BCUT2D eigenvalue weighted by Gasteiger charge is -2.09. The molecule has 0 saturated carbocycles. The molecule has 0 aliphatic carbocycles. The first-order valence-electron chi connectivity index (χ1n) is 5.82. The Balaban J connectivity index is 2.45. The Morgan fingerprint density at radius 3 is 2.50 bits per heavy atom. The van der Waals surface area contributed by atoms with E-state index in [4.69, 9.17) is 9.84 Å². The summed E-state index contributed by atoms with van der Waals surface area (Å²) in [7, 11) is 0. The molecule has 0 aliphatic rings. The van der Waals surface area contributed by atoms with Crippen LogP contribution in [0.4, 0.5) is 13.2 Å². The van der Waals surface area contributed by atoms with Gasteiger partial charge >= 0.3 is 18.1 Å². The normalized spacial score (nSPS) is 11.2. The fraction of sp³-hybridized carbons (Fsp3) is 0.385. The van der Waals surface area contributed by atoms with Crippen LogP contribution in [-0.4, -0.2) is 17.0 Å². The molecule has 7 heteroatoms. The average molecular weight is 290 g/mol. The van der Waals surface area contributed by atoms with Gasteiger partial charge in [-0.3, -0.25) is 9.59 Å². The predicted octanol–water partition coefficient (Wildman–Crippen LogP) is 3.00. The van der Waals surface area contributed by atoms with Crippen molar-refractivity contribution in [2.24, 2.45) is 0 Å². The van der Waals surface area contributed by atoms with Gasteiger partial charge in [0.2, 0.25) is 0 Å². The van der Waals surface area contributed by atoms with Crippen LogP contribution >= 0.6 is 0 Å². The van der Waals surface area contributed by atoms with Gasteiger partial charge in [0.05, 0.1) is 5.56 Å². The van der Waals surface area contributed by atoms with Crippen molar-refractivity contribution in [1.82, 2.24) is 0 Å².